The van der Waals surface area contributed by atoms with Crippen molar-refractivity contribution in [2.24, 2.45) is 0 Å². The maximum Gasteiger partial charge on any atom is 0.166 e. The molecular formula is C10H16N2O3. The van der Waals surface area contributed by atoms with Crippen LogP contribution in [-0.2, 0) is 9.53 Å². The summed E-state index contributed by atoms with van der Waals surface area (Å²) in [4.78, 5) is 13.0. The van der Waals surface area contributed by atoms with Crippen LogP contribution in [0.25, 0.3) is 0 Å². The lowest BCUT2D eigenvalue weighted by Gasteiger charge is -2.29. The van der Waals surface area contributed by atoms with Gasteiger partial charge in [-0.15, -0.1) is 0 Å². The summed E-state index contributed by atoms with van der Waals surface area (Å²) in [5, 5.41) is 17.2. The van der Waals surface area contributed by atoms with Gasteiger partial charge in [-0.05, 0) is 13.8 Å². The highest BCUT2D eigenvalue weighted by atomic mass is 16.5. The van der Waals surface area contributed by atoms with E-state index in [1.165, 1.54) is 13.8 Å². The van der Waals surface area contributed by atoms with Crippen LogP contribution in [0.15, 0.2) is 11.3 Å². The molecule has 1 heterocycles. The van der Waals surface area contributed by atoms with Gasteiger partial charge in [0.05, 0.1) is 18.8 Å². The highest BCUT2D eigenvalue weighted by molar-refractivity contribution is 6.19. The molecule has 5 heteroatoms. The van der Waals surface area contributed by atoms with Crippen LogP contribution < -0.4 is 0 Å². The van der Waals surface area contributed by atoms with Crippen molar-refractivity contribution in [2.75, 3.05) is 26.3 Å². The minimum Gasteiger partial charge on any atom is -0.512 e. The molecule has 1 aliphatic heterocycles. The Labute approximate surface area is 88.8 Å². The maximum atomic E-state index is 11.3. The highest BCUT2D eigenvalue weighted by Crippen LogP contribution is 2.10. The zero-order valence-electron chi connectivity index (χ0n) is 9.04. The molecule has 2 N–H and O–H groups in total. The molecule has 0 aliphatic carbocycles. The predicted octanol–water partition coefficient (Wildman–Crippen LogP) is 0.717. The summed E-state index contributed by atoms with van der Waals surface area (Å²) in [6, 6.07) is 0. The van der Waals surface area contributed by atoms with E-state index in [1.54, 1.807) is 4.90 Å². The van der Waals surface area contributed by atoms with E-state index in [1.807, 2.05) is 0 Å². The van der Waals surface area contributed by atoms with Crippen molar-refractivity contribution < 1.29 is 14.6 Å². The lowest BCUT2D eigenvalue weighted by molar-refractivity contribution is -0.113. The molecule has 0 unspecified atom stereocenters. The van der Waals surface area contributed by atoms with Crippen LogP contribution in [-0.4, -0.2) is 47.9 Å². The second kappa shape index (κ2) is 4.93. The van der Waals surface area contributed by atoms with E-state index >= 15 is 0 Å². The predicted molar refractivity (Wildman–Crippen MR) is 56.1 cm³/mol. The normalized spacial score (nSPS) is 18.4. The molecule has 0 radical (unpaired) electrons. The number of ketones is 1. The van der Waals surface area contributed by atoms with Crippen LogP contribution in [0.5, 0.6) is 0 Å². The Morgan fingerprint density at radius 2 is 1.87 bits per heavy atom. The van der Waals surface area contributed by atoms with E-state index in [4.69, 9.17) is 10.1 Å². The third-order valence-electron chi connectivity index (χ3n) is 2.28. The summed E-state index contributed by atoms with van der Waals surface area (Å²) in [5.74, 6) is -0.295. The van der Waals surface area contributed by atoms with Gasteiger partial charge in [0.1, 0.15) is 11.6 Å². The van der Waals surface area contributed by atoms with Gasteiger partial charge in [0.25, 0.3) is 0 Å². The fraction of sp³-hybridized carbons (Fsp3) is 0.600. The number of rotatable bonds is 2. The van der Waals surface area contributed by atoms with Gasteiger partial charge in [-0.25, -0.2) is 0 Å². The third-order valence-corrected chi connectivity index (χ3v) is 2.28. The van der Waals surface area contributed by atoms with Gasteiger partial charge >= 0.3 is 0 Å². The number of hydrogen-bond donors (Lipinski definition) is 2. The Bertz CT molecular complexity index is 300. The number of nitrogens with one attached hydrogen (secondary N) is 1. The fourth-order valence-electron chi connectivity index (χ4n) is 1.54. The molecule has 1 aliphatic rings. The van der Waals surface area contributed by atoms with Crippen LogP contribution in [0.1, 0.15) is 13.8 Å². The molecule has 0 bridgehead atoms. The highest BCUT2D eigenvalue weighted by Gasteiger charge is 2.21. The molecule has 1 saturated heterocycles. The van der Waals surface area contributed by atoms with Crippen LogP contribution in [0.2, 0.25) is 0 Å². The Kier molecular flexibility index (Phi) is 3.85. The van der Waals surface area contributed by atoms with Crippen LogP contribution in [0.3, 0.4) is 0 Å². The molecular weight excluding hydrogens is 196 g/mol. The first-order chi connectivity index (χ1) is 7.04. The topological polar surface area (TPSA) is 73.6 Å². The molecule has 0 atom stereocenters. The first kappa shape index (κ1) is 11.7. The summed E-state index contributed by atoms with van der Waals surface area (Å²) in [7, 11) is 0. The summed E-state index contributed by atoms with van der Waals surface area (Å²) in [5.41, 5.74) is 0.0944. The lowest BCUT2D eigenvalue weighted by atomic mass is 10.1. The number of amidine groups is 1. The van der Waals surface area contributed by atoms with Crippen molar-refractivity contribution in [3.63, 3.8) is 0 Å². The maximum absolute atomic E-state index is 11.3. The lowest BCUT2D eigenvalue weighted by Crippen LogP contribution is -2.42. The van der Waals surface area contributed by atoms with E-state index in [0.29, 0.717) is 26.3 Å². The number of morpholine rings is 1. The molecule has 5 nitrogen and oxygen atoms in total. The third kappa shape index (κ3) is 2.79. The van der Waals surface area contributed by atoms with E-state index in [9.17, 15) is 9.90 Å². The second-order valence-electron chi connectivity index (χ2n) is 3.46. The minimum atomic E-state index is -0.286. The second-order valence-corrected chi connectivity index (χ2v) is 3.46. The van der Waals surface area contributed by atoms with Crippen molar-refractivity contribution in [3.8, 4) is 0 Å². The molecule has 1 fully saturated rings. The average molecular weight is 212 g/mol. The van der Waals surface area contributed by atoms with Gasteiger partial charge in [-0.1, -0.05) is 0 Å². The number of carbonyl (C=O) groups excluding carboxylic acids is 1. The molecule has 84 valence electrons. The Morgan fingerprint density at radius 3 is 2.27 bits per heavy atom. The van der Waals surface area contributed by atoms with Gasteiger partial charge in [-0.3, -0.25) is 10.2 Å². The number of allylic oxidation sites excluding steroid dienone is 1. The Morgan fingerprint density at radius 1 is 1.33 bits per heavy atom. The molecule has 0 aromatic heterocycles. The van der Waals surface area contributed by atoms with Crippen molar-refractivity contribution >= 4 is 11.6 Å². The number of ether oxygens (including phenoxy) is 1. The van der Waals surface area contributed by atoms with Crippen molar-refractivity contribution in [1.29, 1.82) is 5.41 Å². The zero-order valence-corrected chi connectivity index (χ0v) is 9.04. The van der Waals surface area contributed by atoms with Crippen LogP contribution in [0, 0.1) is 5.41 Å². The summed E-state index contributed by atoms with van der Waals surface area (Å²) in [6.45, 7) is 5.05. The average Bonchev–Trinajstić information content (AvgIpc) is 2.18. The summed E-state index contributed by atoms with van der Waals surface area (Å²) >= 11 is 0. The zero-order chi connectivity index (χ0) is 11.4. The fourth-order valence-corrected chi connectivity index (χ4v) is 1.54. The largest absolute Gasteiger partial charge is 0.512 e. The Hall–Kier alpha value is -1.36. The van der Waals surface area contributed by atoms with Gasteiger partial charge in [0.2, 0.25) is 0 Å². The smallest absolute Gasteiger partial charge is 0.166 e. The van der Waals surface area contributed by atoms with Crippen LogP contribution >= 0.6 is 0 Å². The van der Waals surface area contributed by atoms with Crippen molar-refractivity contribution in [3.05, 3.63) is 11.3 Å². The van der Waals surface area contributed by atoms with Gasteiger partial charge in [-0.2, -0.15) is 0 Å². The number of aliphatic hydroxyl groups excluding tert-OH is 1. The van der Waals surface area contributed by atoms with Crippen LogP contribution in [0.4, 0.5) is 0 Å². The SMILES string of the molecule is CC(=O)/C(C(=N)N1CCOCC1)=C(/C)O. The van der Waals surface area contributed by atoms with E-state index in [-0.39, 0.29) is 23.0 Å². The molecule has 0 spiro atoms. The quantitative estimate of drug-likeness (QED) is 0.306. The van der Waals surface area contributed by atoms with E-state index in [2.05, 4.69) is 0 Å². The van der Waals surface area contributed by atoms with Gasteiger partial charge in [0, 0.05) is 13.1 Å². The molecule has 15 heavy (non-hydrogen) atoms. The standard InChI is InChI=1S/C10H16N2O3/c1-7(13)9(8(2)14)10(11)12-3-5-15-6-4-12/h11,13H,3-6H2,1-2H3/b9-7+,11-10?. The molecule has 0 aromatic carbocycles. The monoisotopic (exact) mass is 212 g/mol. The molecule has 1 rings (SSSR count). The summed E-state index contributed by atoms with van der Waals surface area (Å²) in [6.07, 6.45) is 0. The number of Topliss-reactive ketones (excluding diaryl/α,β-unsaturated/α-hetero) is 1. The Balaban J connectivity index is 2.81. The van der Waals surface area contributed by atoms with E-state index < -0.39 is 0 Å². The minimum absolute atomic E-state index is 0.0887. The first-order valence-electron chi connectivity index (χ1n) is 4.86. The van der Waals surface area contributed by atoms with Crippen molar-refractivity contribution in [2.45, 2.75) is 13.8 Å². The number of hydrogen-bond acceptors (Lipinski definition) is 4. The van der Waals surface area contributed by atoms with Gasteiger partial charge < -0.3 is 14.7 Å². The number of carbonyl (C=O) groups is 1. The molecule has 0 amide bonds. The first-order valence-corrected chi connectivity index (χ1v) is 4.86. The summed E-state index contributed by atoms with van der Waals surface area (Å²) < 4.78 is 5.15. The molecule has 0 saturated carbocycles. The van der Waals surface area contributed by atoms with E-state index in [0.717, 1.165) is 0 Å². The molecule has 0 aromatic rings. The van der Waals surface area contributed by atoms with Gasteiger partial charge in [0.15, 0.2) is 5.78 Å². The number of aliphatic hydroxyl groups is 1. The van der Waals surface area contributed by atoms with Crippen molar-refractivity contribution in [1.82, 2.24) is 4.90 Å². The number of nitrogens with zero attached hydrogens (tertiary/aromatic N) is 1.